The average Bonchev–Trinajstić information content (AvgIpc) is 2.88. The highest BCUT2D eigenvalue weighted by Crippen LogP contribution is 2.30. The third kappa shape index (κ3) is 3.92. The van der Waals surface area contributed by atoms with Crippen LogP contribution in [0.15, 0.2) is 23.6 Å². The Bertz CT molecular complexity index is 599. The lowest BCUT2D eigenvalue weighted by Gasteiger charge is -2.22. The molecule has 3 heteroatoms. The fourth-order valence-corrected chi connectivity index (χ4v) is 3.45. The summed E-state index contributed by atoms with van der Waals surface area (Å²) in [5.41, 5.74) is 5.15. The number of aromatic nitrogens is 1. The predicted molar refractivity (Wildman–Crippen MR) is 92.2 cm³/mol. The molecule has 1 unspecified atom stereocenters. The van der Waals surface area contributed by atoms with Crippen molar-refractivity contribution in [2.45, 2.75) is 59.5 Å². The zero-order chi connectivity index (χ0) is 15.6. The summed E-state index contributed by atoms with van der Waals surface area (Å²) >= 11 is 1.76. The normalized spacial score (nSPS) is 13.1. The van der Waals surface area contributed by atoms with Gasteiger partial charge in [-0.1, -0.05) is 37.6 Å². The molecule has 0 aliphatic carbocycles. The van der Waals surface area contributed by atoms with Crippen molar-refractivity contribution in [3.05, 3.63) is 51.0 Å². The van der Waals surface area contributed by atoms with Crippen molar-refractivity contribution in [2.24, 2.45) is 0 Å². The SMILES string of the molecule is Cc1ccc(C)c(C(NC(C)C)c2nc(C(C)C)cs2)c1. The van der Waals surface area contributed by atoms with Crippen LogP contribution in [0, 0.1) is 13.8 Å². The summed E-state index contributed by atoms with van der Waals surface area (Å²) in [5, 5.41) is 7.04. The Labute approximate surface area is 132 Å². The van der Waals surface area contributed by atoms with E-state index in [1.54, 1.807) is 11.3 Å². The lowest BCUT2D eigenvalue weighted by molar-refractivity contribution is 0.524. The zero-order valence-corrected chi connectivity index (χ0v) is 14.7. The Hall–Kier alpha value is -1.19. The van der Waals surface area contributed by atoms with Crippen molar-refractivity contribution in [3.63, 3.8) is 0 Å². The van der Waals surface area contributed by atoms with Gasteiger partial charge in [0.05, 0.1) is 11.7 Å². The van der Waals surface area contributed by atoms with Crippen LogP contribution in [0.25, 0.3) is 0 Å². The molecule has 0 aliphatic heterocycles. The molecule has 114 valence electrons. The molecule has 1 atom stereocenters. The van der Waals surface area contributed by atoms with Crippen LogP contribution < -0.4 is 5.32 Å². The summed E-state index contributed by atoms with van der Waals surface area (Å²) in [6.45, 7) is 13.1. The van der Waals surface area contributed by atoms with E-state index in [-0.39, 0.29) is 6.04 Å². The number of nitrogens with one attached hydrogen (secondary N) is 1. The number of nitrogens with zero attached hydrogens (tertiary/aromatic N) is 1. The molecule has 0 spiro atoms. The molecule has 2 rings (SSSR count). The predicted octanol–water partition coefficient (Wildman–Crippen LogP) is 4.97. The number of rotatable bonds is 5. The van der Waals surface area contributed by atoms with Crippen molar-refractivity contribution in [1.82, 2.24) is 10.3 Å². The van der Waals surface area contributed by atoms with E-state index in [0.29, 0.717) is 12.0 Å². The number of benzene rings is 1. The van der Waals surface area contributed by atoms with Gasteiger partial charge in [0, 0.05) is 11.4 Å². The minimum atomic E-state index is 0.183. The van der Waals surface area contributed by atoms with E-state index < -0.39 is 0 Å². The molecule has 21 heavy (non-hydrogen) atoms. The number of thiazole rings is 1. The monoisotopic (exact) mass is 302 g/mol. The molecule has 0 bridgehead atoms. The average molecular weight is 302 g/mol. The van der Waals surface area contributed by atoms with Gasteiger partial charge in [0.2, 0.25) is 0 Å². The van der Waals surface area contributed by atoms with Gasteiger partial charge >= 0.3 is 0 Å². The van der Waals surface area contributed by atoms with E-state index in [9.17, 15) is 0 Å². The van der Waals surface area contributed by atoms with Crippen molar-refractivity contribution in [2.75, 3.05) is 0 Å². The van der Waals surface area contributed by atoms with E-state index >= 15 is 0 Å². The van der Waals surface area contributed by atoms with Crippen LogP contribution in [0.5, 0.6) is 0 Å². The van der Waals surface area contributed by atoms with Crippen LogP contribution in [-0.4, -0.2) is 11.0 Å². The summed E-state index contributed by atoms with van der Waals surface area (Å²) < 4.78 is 0. The maximum absolute atomic E-state index is 4.87. The molecule has 0 fully saturated rings. The molecule has 2 aromatic rings. The zero-order valence-electron chi connectivity index (χ0n) is 13.9. The highest BCUT2D eigenvalue weighted by atomic mass is 32.1. The molecule has 1 aromatic carbocycles. The standard InChI is InChI=1S/C18H26N2S/c1-11(2)16-10-21-18(20-16)17(19-12(3)4)15-9-13(5)7-8-14(15)6/h7-12,17,19H,1-6H3. The van der Waals surface area contributed by atoms with Crippen LogP contribution in [-0.2, 0) is 0 Å². The van der Waals surface area contributed by atoms with Crippen LogP contribution in [0.2, 0.25) is 0 Å². The molecule has 0 saturated heterocycles. The molecule has 1 heterocycles. The smallest absolute Gasteiger partial charge is 0.114 e. The molecule has 0 amide bonds. The summed E-state index contributed by atoms with van der Waals surface area (Å²) in [7, 11) is 0. The van der Waals surface area contributed by atoms with E-state index in [1.165, 1.54) is 27.4 Å². The second-order valence-electron chi connectivity index (χ2n) is 6.38. The summed E-state index contributed by atoms with van der Waals surface area (Å²) in [4.78, 5) is 4.87. The molecule has 0 saturated carbocycles. The minimum absolute atomic E-state index is 0.183. The first-order chi connectivity index (χ1) is 9.88. The fraction of sp³-hybridized carbons (Fsp3) is 0.500. The summed E-state index contributed by atoms with van der Waals surface area (Å²) in [6.07, 6.45) is 0. The Balaban J connectivity index is 2.44. The Morgan fingerprint density at radius 1 is 1.10 bits per heavy atom. The topological polar surface area (TPSA) is 24.9 Å². The lowest BCUT2D eigenvalue weighted by atomic mass is 9.98. The first-order valence-corrected chi connectivity index (χ1v) is 8.55. The second-order valence-corrected chi connectivity index (χ2v) is 7.27. The van der Waals surface area contributed by atoms with Gasteiger partial charge in [0.25, 0.3) is 0 Å². The first kappa shape index (κ1) is 16.2. The molecular weight excluding hydrogens is 276 g/mol. The Morgan fingerprint density at radius 3 is 2.38 bits per heavy atom. The van der Waals surface area contributed by atoms with Gasteiger partial charge in [-0.3, -0.25) is 0 Å². The van der Waals surface area contributed by atoms with Crippen LogP contribution >= 0.6 is 11.3 Å². The van der Waals surface area contributed by atoms with Crippen molar-refractivity contribution < 1.29 is 0 Å². The third-order valence-corrected chi connectivity index (χ3v) is 4.55. The molecule has 0 radical (unpaired) electrons. The summed E-state index contributed by atoms with van der Waals surface area (Å²) in [6, 6.07) is 7.26. The van der Waals surface area contributed by atoms with Gasteiger partial charge in [0.15, 0.2) is 0 Å². The Kier molecular flexibility index (Phi) is 5.17. The molecule has 1 N–H and O–H groups in total. The van der Waals surface area contributed by atoms with E-state index in [4.69, 9.17) is 4.98 Å². The van der Waals surface area contributed by atoms with Gasteiger partial charge in [-0.05, 0) is 44.7 Å². The van der Waals surface area contributed by atoms with Gasteiger partial charge in [0.1, 0.15) is 5.01 Å². The lowest BCUT2D eigenvalue weighted by Crippen LogP contribution is -2.29. The Morgan fingerprint density at radius 2 is 1.81 bits per heavy atom. The highest BCUT2D eigenvalue weighted by molar-refractivity contribution is 7.09. The minimum Gasteiger partial charge on any atom is -0.302 e. The van der Waals surface area contributed by atoms with Crippen LogP contribution in [0.3, 0.4) is 0 Å². The highest BCUT2D eigenvalue weighted by Gasteiger charge is 2.21. The van der Waals surface area contributed by atoms with Crippen molar-refractivity contribution >= 4 is 11.3 Å². The van der Waals surface area contributed by atoms with Gasteiger partial charge in [-0.2, -0.15) is 0 Å². The van der Waals surface area contributed by atoms with Gasteiger partial charge in [-0.25, -0.2) is 4.98 Å². The maximum atomic E-state index is 4.87. The fourth-order valence-electron chi connectivity index (χ4n) is 2.40. The largest absolute Gasteiger partial charge is 0.302 e. The molecule has 0 aliphatic rings. The van der Waals surface area contributed by atoms with E-state index in [0.717, 1.165) is 0 Å². The third-order valence-electron chi connectivity index (χ3n) is 3.62. The first-order valence-electron chi connectivity index (χ1n) is 7.67. The number of hydrogen-bond donors (Lipinski definition) is 1. The quantitative estimate of drug-likeness (QED) is 0.843. The van der Waals surface area contributed by atoms with Crippen molar-refractivity contribution in [1.29, 1.82) is 0 Å². The number of hydrogen-bond acceptors (Lipinski definition) is 3. The second kappa shape index (κ2) is 6.71. The molecule has 1 aromatic heterocycles. The van der Waals surface area contributed by atoms with E-state index in [2.05, 4.69) is 70.4 Å². The van der Waals surface area contributed by atoms with Crippen LogP contribution in [0.1, 0.15) is 67.0 Å². The van der Waals surface area contributed by atoms with E-state index in [1.807, 2.05) is 0 Å². The van der Waals surface area contributed by atoms with Crippen molar-refractivity contribution in [3.8, 4) is 0 Å². The van der Waals surface area contributed by atoms with Crippen LogP contribution in [0.4, 0.5) is 0 Å². The maximum Gasteiger partial charge on any atom is 0.114 e. The van der Waals surface area contributed by atoms with Gasteiger partial charge < -0.3 is 5.32 Å². The molecule has 2 nitrogen and oxygen atoms in total. The van der Waals surface area contributed by atoms with Gasteiger partial charge in [-0.15, -0.1) is 11.3 Å². The molecular formula is C18H26N2S. The summed E-state index contributed by atoms with van der Waals surface area (Å²) in [5.74, 6) is 0.480. The number of aryl methyl sites for hydroxylation is 2.